The fraction of sp³-hybridized carbons (Fsp3) is 0.480. The number of likely N-dealkylation sites (tertiary alicyclic amines) is 1. The number of aromatic amines is 1. The number of aliphatic carboxylic acids is 1. The van der Waals surface area contributed by atoms with Crippen molar-refractivity contribution < 1.29 is 33.8 Å². The molecule has 2 saturated carbocycles. The molecule has 10 nitrogen and oxygen atoms in total. The van der Waals surface area contributed by atoms with Crippen LogP contribution in [0.3, 0.4) is 0 Å². The summed E-state index contributed by atoms with van der Waals surface area (Å²) in [5, 5.41) is 10.0. The topological polar surface area (TPSA) is 143 Å². The van der Waals surface area contributed by atoms with Crippen molar-refractivity contribution in [2.24, 2.45) is 29.6 Å². The number of carbonyl (C=O) groups excluding carboxylic acids is 3. The van der Waals surface area contributed by atoms with Gasteiger partial charge >= 0.3 is 16.8 Å². The van der Waals surface area contributed by atoms with Gasteiger partial charge in [-0.3, -0.25) is 24.1 Å². The highest BCUT2D eigenvalue weighted by Crippen LogP contribution is 2.68. The van der Waals surface area contributed by atoms with Crippen molar-refractivity contribution in [3.05, 3.63) is 44.4 Å². The Hall–Kier alpha value is -3.12. The van der Waals surface area contributed by atoms with E-state index in [2.05, 4.69) is 4.98 Å². The number of hydrogen-bond donors (Lipinski definition) is 2. The van der Waals surface area contributed by atoms with Crippen LogP contribution in [0, 0.1) is 29.6 Å². The number of fused-ring (bicyclic) bond motifs is 9. The SMILES string of the molecule is CCOC(=O)COc1cccc([C@H]2c3sc(=O)[nH]c3SC3C4CC(C5C(=O)N(CC(=O)O)C(=O)C45)C32)c1. The average Bonchev–Trinajstić information content (AvgIpc) is 3.59. The van der Waals surface area contributed by atoms with Crippen molar-refractivity contribution in [2.45, 2.75) is 29.5 Å². The number of ether oxygens (including phenoxy) is 2. The van der Waals surface area contributed by atoms with Gasteiger partial charge in [-0.1, -0.05) is 23.5 Å². The van der Waals surface area contributed by atoms with Gasteiger partial charge < -0.3 is 19.6 Å². The molecule has 2 bridgehead atoms. The Balaban J connectivity index is 1.36. The van der Waals surface area contributed by atoms with E-state index in [4.69, 9.17) is 9.47 Å². The van der Waals surface area contributed by atoms with Gasteiger partial charge in [0, 0.05) is 16.0 Å². The maximum atomic E-state index is 13.3. The van der Waals surface area contributed by atoms with E-state index in [1.807, 2.05) is 18.2 Å². The monoisotopic (exact) mass is 544 g/mol. The maximum Gasteiger partial charge on any atom is 0.344 e. The lowest BCUT2D eigenvalue weighted by Crippen LogP contribution is -2.42. The number of thioether (sulfide) groups is 1. The minimum absolute atomic E-state index is 0.000338. The summed E-state index contributed by atoms with van der Waals surface area (Å²) in [4.78, 5) is 66.5. The Morgan fingerprint density at radius 1 is 1.16 bits per heavy atom. The summed E-state index contributed by atoms with van der Waals surface area (Å²) >= 11 is 2.71. The number of benzene rings is 1. The molecule has 2 amide bonds. The van der Waals surface area contributed by atoms with Gasteiger partial charge in [0.1, 0.15) is 12.3 Å². The van der Waals surface area contributed by atoms with Crippen LogP contribution in [0.5, 0.6) is 5.75 Å². The van der Waals surface area contributed by atoms with Crippen molar-refractivity contribution in [1.82, 2.24) is 9.88 Å². The molecule has 194 valence electrons. The molecule has 6 rings (SSSR count). The lowest BCUT2D eigenvalue weighted by molar-refractivity contribution is -0.149. The summed E-state index contributed by atoms with van der Waals surface area (Å²) in [6.45, 7) is 1.14. The molecule has 37 heavy (non-hydrogen) atoms. The van der Waals surface area contributed by atoms with E-state index >= 15 is 0 Å². The van der Waals surface area contributed by atoms with E-state index in [0.29, 0.717) is 12.2 Å². The number of H-pyrrole nitrogens is 1. The molecule has 3 fully saturated rings. The number of imide groups is 1. The minimum Gasteiger partial charge on any atom is -0.482 e. The summed E-state index contributed by atoms with van der Waals surface area (Å²) in [5.41, 5.74) is 0.899. The third-order valence-corrected chi connectivity index (χ3v) is 10.6. The van der Waals surface area contributed by atoms with Crippen molar-refractivity contribution in [3.63, 3.8) is 0 Å². The zero-order chi connectivity index (χ0) is 26.0. The van der Waals surface area contributed by atoms with E-state index < -0.39 is 36.2 Å². The van der Waals surface area contributed by atoms with Gasteiger partial charge in [-0.05, 0) is 48.8 Å². The molecule has 3 heterocycles. The first-order valence-electron chi connectivity index (χ1n) is 12.1. The van der Waals surface area contributed by atoms with E-state index in [0.717, 1.165) is 31.7 Å². The summed E-state index contributed by atoms with van der Waals surface area (Å²) in [5.74, 6) is -3.44. The normalized spacial score (nSPS) is 31.2. The van der Waals surface area contributed by atoms with Crippen LogP contribution in [0.15, 0.2) is 34.1 Å². The Kier molecular flexibility index (Phi) is 5.90. The van der Waals surface area contributed by atoms with Crippen LogP contribution < -0.4 is 9.61 Å². The zero-order valence-corrected chi connectivity index (χ0v) is 21.4. The number of carboxylic acid groups (broad SMARTS) is 1. The van der Waals surface area contributed by atoms with Gasteiger partial charge in [-0.2, -0.15) is 0 Å². The summed E-state index contributed by atoms with van der Waals surface area (Å²) in [6, 6.07) is 7.38. The minimum atomic E-state index is -1.21. The van der Waals surface area contributed by atoms with Gasteiger partial charge in [0.25, 0.3) is 0 Å². The van der Waals surface area contributed by atoms with Gasteiger partial charge in [0.05, 0.1) is 23.5 Å². The standard InChI is InChI=1S/C25H24N2O8S2/c1-2-34-15(30)9-35-11-5-3-4-10(6-11)16-17-12-7-13(20(17)36-22-21(16)37-25(33)26-22)19-18(12)23(31)27(24(19)32)8-14(28)29/h3-6,12-13,16-20H,2,7-9H2,1H3,(H,26,33)(H,28,29)/t12?,13?,16-,17?,18?,19?,20?/m1/s1. The molecule has 2 aliphatic heterocycles. The maximum absolute atomic E-state index is 13.3. The Morgan fingerprint density at radius 3 is 2.65 bits per heavy atom. The molecule has 0 spiro atoms. The van der Waals surface area contributed by atoms with Crippen LogP contribution in [0.1, 0.15) is 29.7 Å². The smallest absolute Gasteiger partial charge is 0.344 e. The predicted molar refractivity (Wildman–Crippen MR) is 131 cm³/mol. The molecular formula is C25H24N2O8S2. The van der Waals surface area contributed by atoms with Gasteiger partial charge in [0.15, 0.2) is 6.61 Å². The van der Waals surface area contributed by atoms with E-state index in [1.165, 1.54) is 0 Å². The number of esters is 1. The fourth-order valence-electron chi connectivity index (χ4n) is 6.89. The number of rotatable bonds is 7. The highest BCUT2D eigenvalue weighted by atomic mass is 32.2. The molecular weight excluding hydrogens is 520 g/mol. The number of carboxylic acids is 1. The predicted octanol–water partition coefficient (Wildman–Crippen LogP) is 1.94. The number of amides is 2. The molecule has 7 atom stereocenters. The molecule has 0 radical (unpaired) electrons. The van der Waals surface area contributed by atoms with Crippen LogP contribution >= 0.6 is 23.1 Å². The Labute approximate surface area is 219 Å². The molecule has 1 aromatic heterocycles. The van der Waals surface area contributed by atoms with E-state index in [1.54, 1.807) is 24.8 Å². The van der Waals surface area contributed by atoms with Gasteiger partial charge in [-0.15, -0.1) is 11.8 Å². The van der Waals surface area contributed by atoms with E-state index in [9.17, 15) is 29.1 Å². The summed E-state index contributed by atoms with van der Waals surface area (Å²) in [6.07, 6.45) is 0.713. The first-order valence-corrected chi connectivity index (χ1v) is 13.8. The number of nitrogens with one attached hydrogen (secondary N) is 1. The number of carbonyl (C=O) groups is 4. The molecule has 2 aliphatic carbocycles. The molecule has 6 unspecified atom stereocenters. The van der Waals surface area contributed by atoms with Crippen LogP contribution in [-0.4, -0.2) is 63.8 Å². The number of nitrogens with zero attached hydrogens (tertiary/aromatic N) is 1. The second-order valence-corrected chi connectivity index (χ2v) is 12.0. The van der Waals surface area contributed by atoms with Crippen molar-refractivity contribution >= 4 is 46.9 Å². The van der Waals surface area contributed by atoms with Crippen molar-refractivity contribution in [3.8, 4) is 5.75 Å². The number of thiazole rings is 1. The van der Waals surface area contributed by atoms with Crippen LogP contribution in [0.4, 0.5) is 0 Å². The van der Waals surface area contributed by atoms with Crippen molar-refractivity contribution in [2.75, 3.05) is 19.8 Å². The quantitative estimate of drug-likeness (QED) is 0.395. The second kappa shape index (κ2) is 9.02. The Morgan fingerprint density at radius 2 is 1.92 bits per heavy atom. The Bertz CT molecular complexity index is 1370. The molecule has 1 saturated heterocycles. The fourth-order valence-corrected chi connectivity index (χ4v) is 9.77. The van der Waals surface area contributed by atoms with Gasteiger partial charge in [-0.25, -0.2) is 4.79 Å². The molecule has 2 N–H and O–H groups in total. The lowest BCUT2D eigenvalue weighted by Gasteiger charge is -2.43. The number of hydrogen-bond acceptors (Lipinski definition) is 9. The molecule has 4 aliphatic rings. The zero-order valence-electron chi connectivity index (χ0n) is 19.7. The third-order valence-electron chi connectivity index (χ3n) is 7.99. The van der Waals surface area contributed by atoms with Crippen LogP contribution in [-0.2, 0) is 23.9 Å². The number of aromatic nitrogens is 1. The van der Waals surface area contributed by atoms with E-state index in [-0.39, 0.29) is 52.9 Å². The molecule has 12 heteroatoms. The first-order chi connectivity index (χ1) is 17.8. The molecule has 1 aromatic carbocycles. The van der Waals surface area contributed by atoms with Gasteiger partial charge in [0.2, 0.25) is 11.8 Å². The van der Waals surface area contributed by atoms with Crippen LogP contribution in [0.25, 0.3) is 0 Å². The van der Waals surface area contributed by atoms with Crippen molar-refractivity contribution in [1.29, 1.82) is 0 Å². The molecule has 2 aromatic rings. The highest BCUT2D eigenvalue weighted by Gasteiger charge is 2.69. The van der Waals surface area contributed by atoms with Crippen LogP contribution in [0.2, 0.25) is 0 Å². The first kappa shape index (κ1) is 24.2. The highest BCUT2D eigenvalue weighted by molar-refractivity contribution is 8.00. The average molecular weight is 545 g/mol. The second-order valence-electron chi connectivity index (χ2n) is 9.78. The largest absolute Gasteiger partial charge is 0.482 e. The summed E-state index contributed by atoms with van der Waals surface area (Å²) in [7, 11) is 0. The third kappa shape index (κ3) is 3.80. The lowest BCUT2D eigenvalue weighted by atomic mass is 9.68. The summed E-state index contributed by atoms with van der Waals surface area (Å²) < 4.78 is 10.6.